The summed E-state index contributed by atoms with van der Waals surface area (Å²) in [7, 11) is 3.33. The van der Waals surface area contributed by atoms with Crippen LogP contribution in [0.5, 0.6) is 5.75 Å². The second-order valence-corrected chi connectivity index (χ2v) is 6.67. The predicted molar refractivity (Wildman–Crippen MR) is 94.0 cm³/mol. The highest BCUT2D eigenvalue weighted by molar-refractivity contribution is 7.08. The van der Waals surface area contributed by atoms with Gasteiger partial charge in [-0.2, -0.15) is 11.3 Å². The lowest BCUT2D eigenvalue weighted by Gasteiger charge is -2.26. The van der Waals surface area contributed by atoms with E-state index in [4.69, 9.17) is 9.47 Å². The number of methoxy groups -OCH3 is 2. The summed E-state index contributed by atoms with van der Waals surface area (Å²) in [6, 6.07) is 8.15. The summed E-state index contributed by atoms with van der Waals surface area (Å²) in [6.07, 6.45) is 0. The molecule has 0 aliphatic carbocycles. The van der Waals surface area contributed by atoms with Crippen molar-refractivity contribution >= 4 is 11.3 Å². The number of thiophene rings is 1. The van der Waals surface area contributed by atoms with Crippen LogP contribution in [0.3, 0.4) is 0 Å². The molecule has 2 aromatic rings. The van der Waals surface area contributed by atoms with Gasteiger partial charge in [-0.05, 0) is 53.9 Å². The Kier molecular flexibility index (Phi) is 6.18. The van der Waals surface area contributed by atoms with Gasteiger partial charge in [0.1, 0.15) is 11.4 Å². The van der Waals surface area contributed by atoms with E-state index in [1.165, 1.54) is 0 Å². The lowest BCUT2D eigenvalue weighted by Crippen LogP contribution is -2.36. The third kappa shape index (κ3) is 4.54. The molecule has 0 bridgehead atoms. The molecule has 4 nitrogen and oxygen atoms in total. The third-order valence-electron chi connectivity index (χ3n) is 4.00. The fourth-order valence-electron chi connectivity index (χ4n) is 2.48. The molecular weight excluding hydrogens is 310 g/mol. The molecule has 0 saturated carbocycles. The Hall–Kier alpha value is -1.40. The van der Waals surface area contributed by atoms with Crippen LogP contribution in [0.25, 0.3) is 0 Å². The average molecular weight is 335 g/mol. The Morgan fingerprint density at radius 1 is 1.30 bits per heavy atom. The van der Waals surface area contributed by atoms with Gasteiger partial charge < -0.3 is 19.9 Å². The molecule has 1 heterocycles. The summed E-state index contributed by atoms with van der Waals surface area (Å²) in [4.78, 5) is 0. The maximum Gasteiger partial charge on any atom is 0.124 e. The van der Waals surface area contributed by atoms with Crippen molar-refractivity contribution in [1.82, 2.24) is 5.32 Å². The van der Waals surface area contributed by atoms with Crippen molar-refractivity contribution in [3.63, 3.8) is 0 Å². The summed E-state index contributed by atoms with van der Waals surface area (Å²) in [6.45, 7) is 4.91. The molecule has 23 heavy (non-hydrogen) atoms. The topological polar surface area (TPSA) is 50.7 Å². The van der Waals surface area contributed by atoms with Crippen LogP contribution in [0.4, 0.5) is 0 Å². The van der Waals surface area contributed by atoms with Gasteiger partial charge in [-0.25, -0.2) is 0 Å². The summed E-state index contributed by atoms with van der Waals surface area (Å²) < 4.78 is 10.6. The minimum Gasteiger partial charge on any atom is -0.496 e. The summed E-state index contributed by atoms with van der Waals surface area (Å²) in [5, 5.41) is 18.0. The van der Waals surface area contributed by atoms with Crippen molar-refractivity contribution in [2.75, 3.05) is 20.8 Å². The molecule has 1 aromatic carbocycles. The number of aliphatic hydroxyl groups is 1. The maximum atomic E-state index is 10.6. The van der Waals surface area contributed by atoms with Crippen molar-refractivity contribution in [3.05, 3.63) is 51.7 Å². The van der Waals surface area contributed by atoms with Gasteiger partial charge in [0.15, 0.2) is 0 Å². The van der Waals surface area contributed by atoms with Crippen LogP contribution < -0.4 is 10.1 Å². The van der Waals surface area contributed by atoms with Gasteiger partial charge >= 0.3 is 0 Å². The number of benzene rings is 1. The van der Waals surface area contributed by atoms with Gasteiger partial charge in [-0.15, -0.1) is 0 Å². The molecule has 2 N–H and O–H groups in total. The molecule has 0 amide bonds. The van der Waals surface area contributed by atoms with Gasteiger partial charge in [0.2, 0.25) is 0 Å². The Morgan fingerprint density at radius 3 is 2.70 bits per heavy atom. The first-order valence-corrected chi connectivity index (χ1v) is 8.56. The summed E-state index contributed by atoms with van der Waals surface area (Å²) in [5.74, 6) is 0.827. The van der Waals surface area contributed by atoms with Crippen molar-refractivity contribution in [2.24, 2.45) is 0 Å². The number of ether oxygens (including phenoxy) is 2. The van der Waals surface area contributed by atoms with E-state index < -0.39 is 5.60 Å². The van der Waals surface area contributed by atoms with E-state index in [0.717, 1.165) is 22.4 Å². The first-order valence-electron chi connectivity index (χ1n) is 7.62. The normalized spacial score (nSPS) is 15.2. The maximum absolute atomic E-state index is 10.6. The molecule has 1 aromatic heterocycles. The van der Waals surface area contributed by atoms with Gasteiger partial charge in [0.25, 0.3) is 0 Å². The number of nitrogens with one attached hydrogen (secondary N) is 1. The standard InChI is InChI=1S/C18H25NO3S/c1-13(19-12-18(2,20)16-7-8-23-11-16)14-5-6-17(22-4)15(9-14)10-21-3/h5-9,11,13,19-20H,10,12H2,1-4H3. The zero-order chi connectivity index (χ0) is 16.9. The zero-order valence-corrected chi connectivity index (χ0v) is 14.9. The highest BCUT2D eigenvalue weighted by Crippen LogP contribution is 2.26. The molecule has 0 aliphatic rings. The van der Waals surface area contributed by atoms with Gasteiger partial charge in [-0.3, -0.25) is 0 Å². The molecule has 0 aliphatic heterocycles. The van der Waals surface area contributed by atoms with Crippen LogP contribution in [0.2, 0.25) is 0 Å². The van der Waals surface area contributed by atoms with E-state index in [0.29, 0.717) is 13.2 Å². The Balaban J connectivity index is 2.05. The largest absolute Gasteiger partial charge is 0.496 e. The fourth-order valence-corrected chi connectivity index (χ4v) is 3.26. The number of hydrogen-bond acceptors (Lipinski definition) is 5. The van der Waals surface area contributed by atoms with Crippen LogP contribution in [0, 0.1) is 0 Å². The highest BCUT2D eigenvalue weighted by atomic mass is 32.1. The lowest BCUT2D eigenvalue weighted by molar-refractivity contribution is 0.0548. The summed E-state index contributed by atoms with van der Waals surface area (Å²) >= 11 is 1.59. The van der Waals surface area contributed by atoms with E-state index in [9.17, 15) is 5.11 Å². The molecular formula is C18H25NO3S. The molecule has 2 atom stereocenters. The second-order valence-electron chi connectivity index (χ2n) is 5.89. The first-order chi connectivity index (χ1) is 11.0. The Morgan fingerprint density at radius 2 is 2.09 bits per heavy atom. The zero-order valence-electron chi connectivity index (χ0n) is 14.1. The van der Waals surface area contributed by atoms with Crippen LogP contribution >= 0.6 is 11.3 Å². The van der Waals surface area contributed by atoms with Crippen LogP contribution in [0.1, 0.15) is 36.6 Å². The van der Waals surface area contributed by atoms with Crippen LogP contribution in [-0.4, -0.2) is 25.9 Å². The smallest absolute Gasteiger partial charge is 0.124 e. The van der Waals surface area contributed by atoms with Gasteiger partial charge in [0.05, 0.1) is 13.7 Å². The molecule has 5 heteroatoms. The molecule has 2 rings (SSSR count). The van der Waals surface area contributed by atoms with Crippen molar-refractivity contribution in [3.8, 4) is 5.75 Å². The van der Waals surface area contributed by atoms with Gasteiger partial charge in [-0.1, -0.05) is 6.07 Å². The van der Waals surface area contributed by atoms with Crippen molar-refractivity contribution < 1.29 is 14.6 Å². The molecule has 126 valence electrons. The summed E-state index contributed by atoms with van der Waals surface area (Å²) in [5.41, 5.74) is 2.22. The van der Waals surface area contributed by atoms with E-state index >= 15 is 0 Å². The van der Waals surface area contributed by atoms with Crippen LogP contribution in [-0.2, 0) is 16.9 Å². The van der Waals surface area contributed by atoms with E-state index in [2.05, 4.69) is 18.3 Å². The van der Waals surface area contributed by atoms with Crippen LogP contribution in [0.15, 0.2) is 35.0 Å². The quantitative estimate of drug-likeness (QED) is 0.776. The number of rotatable bonds is 8. The highest BCUT2D eigenvalue weighted by Gasteiger charge is 2.24. The molecule has 0 spiro atoms. The molecule has 0 fully saturated rings. The lowest BCUT2D eigenvalue weighted by atomic mass is 9.98. The molecule has 0 saturated heterocycles. The van der Waals surface area contributed by atoms with Crippen molar-refractivity contribution in [1.29, 1.82) is 0 Å². The second kappa shape index (κ2) is 7.93. The third-order valence-corrected chi connectivity index (χ3v) is 4.68. The minimum atomic E-state index is -0.879. The average Bonchev–Trinajstić information content (AvgIpc) is 3.08. The minimum absolute atomic E-state index is 0.113. The first kappa shape index (κ1) is 17.9. The molecule has 2 unspecified atom stereocenters. The Labute approximate surface area is 142 Å². The molecule has 0 radical (unpaired) electrons. The van der Waals surface area contributed by atoms with E-state index in [1.807, 2.05) is 35.9 Å². The van der Waals surface area contributed by atoms with E-state index in [-0.39, 0.29) is 6.04 Å². The fraction of sp³-hybridized carbons (Fsp3) is 0.444. The number of hydrogen-bond donors (Lipinski definition) is 2. The van der Waals surface area contributed by atoms with Crippen molar-refractivity contribution in [2.45, 2.75) is 32.1 Å². The van der Waals surface area contributed by atoms with Gasteiger partial charge in [0, 0.05) is 25.3 Å². The SMILES string of the molecule is COCc1cc(C(C)NCC(C)(O)c2ccsc2)ccc1OC. The Bertz CT molecular complexity index is 611. The predicted octanol–water partition coefficient (Wildman–Crippen LogP) is 3.46. The monoisotopic (exact) mass is 335 g/mol. The van der Waals surface area contributed by atoms with E-state index in [1.54, 1.807) is 25.6 Å².